The van der Waals surface area contributed by atoms with Gasteiger partial charge in [-0.05, 0) is 54.3 Å². The molecule has 296 valence electrons. The van der Waals surface area contributed by atoms with E-state index in [4.69, 9.17) is 5.11 Å². The van der Waals surface area contributed by atoms with Crippen LogP contribution in [0, 0.1) is 0 Å². The van der Waals surface area contributed by atoms with Gasteiger partial charge in [0.15, 0.2) is 6.10 Å². The number of aliphatic hydroxyl groups is 6. The first-order valence-electron chi connectivity index (χ1n) is 19.0. The van der Waals surface area contributed by atoms with Crippen molar-refractivity contribution in [1.29, 1.82) is 0 Å². The molecule has 2 aromatic carbocycles. The van der Waals surface area contributed by atoms with Crippen LogP contribution in [0.4, 0.5) is 11.5 Å². The maximum atomic E-state index is 13.3. The minimum absolute atomic E-state index is 0.0965. The number of amides is 2. The van der Waals surface area contributed by atoms with E-state index < -0.39 is 55.0 Å². The first-order valence-corrected chi connectivity index (χ1v) is 19.0. The van der Waals surface area contributed by atoms with Gasteiger partial charge >= 0.3 is 0 Å². The number of aromatic nitrogens is 2. The predicted octanol–water partition coefficient (Wildman–Crippen LogP) is 4.15. The summed E-state index contributed by atoms with van der Waals surface area (Å²) in [6.45, 7) is -0.529. The second-order valence-corrected chi connectivity index (χ2v) is 13.7. The summed E-state index contributed by atoms with van der Waals surface area (Å²) in [5.41, 5.74) is 2.86. The van der Waals surface area contributed by atoms with Crippen LogP contribution in [0.15, 0.2) is 103 Å². The minimum atomic E-state index is -1.93. The van der Waals surface area contributed by atoms with Crippen molar-refractivity contribution in [1.82, 2.24) is 15.3 Å². The Bertz CT molecular complexity index is 1690. The van der Waals surface area contributed by atoms with Crippen LogP contribution in [0.3, 0.4) is 0 Å². The summed E-state index contributed by atoms with van der Waals surface area (Å²) < 4.78 is 0. The van der Waals surface area contributed by atoms with Crippen LogP contribution in [0.1, 0.15) is 92.7 Å². The van der Waals surface area contributed by atoms with Crippen molar-refractivity contribution in [3.05, 3.63) is 120 Å². The molecule has 2 amide bonds. The number of unbranched alkanes of at least 4 members (excludes halogenated alkanes) is 7. The molecule has 4 aromatic rings. The first kappa shape index (κ1) is 43.0. The van der Waals surface area contributed by atoms with Crippen LogP contribution in [-0.4, -0.2) is 90.0 Å². The number of benzene rings is 2. The summed E-state index contributed by atoms with van der Waals surface area (Å²) in [6, 6.07) is 27.8. The second-order valence-electron chi connectivity index (χ2n) is 13.7. The summed E-state index contributed by atoms with van der Waals surface area (Å²) in [7, 11) is 0. The Hall–Kier alpha value is -4.76. The van der Waals surface area contributed by atoms with Crippen molar-refractivity contribution >= 4 is 23.3 Å². The second kappa shape index (κ2) is 23.2. The molecule has 0 radical (unpaired) electrons. The molecule has 0 fully saturated rings. The third kappa shape index (κ3) is 13.5. The predicted molar refractivity (Wildman–Crippen MR) is 210 cm³/mol. The van der Waals surface area contributed by atoms with Crippen molar-refractivity contribution in [3.8, 4) is 0 Å². The van der Waals surface area contributed by atoms with E-state index in [0.29, 0.717) is 30.0 Å². The highest BCUT2D eigenvalue weighted by atomic mass is 16.4. The topological polar surface area (TPSA) is 217 Å². The zero-order valence-electron chi connectivity index (χ0n) is 31.0. The van der Waals surface area contributed by atoms with E-state index in [2.05, 4.69) is 25.9 Å². The van der Waals surface area contributed by atoms with E-state index >= 15 is 0 Å². The molecular weight excluding hydrogens is 702 g/mol. The molecule has 0 bridgehead atoms. The van der Waals surface area contributed by atoms with Crippen LogP contribution in [0.5, 0.6) is 0 Å². The van der Waals surface area contributed by atoms with E-state index in [1.165, 1.54) is 0 Å². The smallest absolute Gasteiger partial charge is 0.251 e. The van der Waals surface area contributed by atoms with Crippen LogP contribution in [0.2, 0.25) is 0 Å². The molecule has 2 heterocycles. The van der Waals surface area contributed by atoms with Crippen molar-refractivity contribution in [2.75, 3.05) is 23.8 Å². The Morgan fingerprint density at radius 2 is 1.27 bits per heavy atom. The monoisotopic (exact) mass is 757 g/mol. The number of aliphatic hydroxyl groups excluding tert-OH is 6. The third-order valence-corrected chi connectivity index (χ3v) is 9.56. The third-order valence-electron chi connectivity index (χ3n) is 9.56. The molecule has 6 unspecified atom stereocenters. The van der Waals surface area contributed by atoms with Crippen molar-refractivity contribution < 1.29 is 40.2 Å². The lowest BCUT2D eigenvalue weighted by Crippen LogP contribution is -2.51. The summed E-state index contributed by atoms with van der Waals surface area (Å²) in [4.78, 5) is 34.5. The van der Waals surface area contributed by atoms with Gasteiger partial charge in [-0.15, -0.1) is 0 Å². The molecule has 7 atom stereocenters. The number of carbonyl (C=O) groups is 2. The number of anilines is 2. The largest absolute Gasteiger partial charge is 0.394 e. The van der Waals surface area contributed by atoms with E-state index in [-0.39, 0.29) is 12.5 Å². The molecular formula is C42H55N5O8. The number of nitrogens with zero attached hydrogens (tertiary/aromatic N) is 2. The quantitative estimate of drug-likeness (QED) is 0.0463. The van der Waals surface area contributed by atoms with Gasteiger partial charge in [0.2, 0.25) is 5.91 Å². The van der Waals surface area contributed by atoms with Gasteiger partial charge in [0.25, 0.3) is 5.91 Å². The summed E-state index contributed by atoms with van der Waals surface area (Å²) in [6.07, 6.45) is 2.55. The average Bonchev–Trinajstić information content (AvgIpc) is 3.22. The Kier molecular flexibility index (Phi) is 18.1. The fraction of sp³-hybridized carbons (Fsp3) is 0.429. The number of carbonyl (C=O) groups excluding carboxylic acids is 2. The number of hydrogen-bond acceptors (Lipinski definition) is 11. The Morgan fingerprint density at radius 1 is 0.655 bits per heavy atom. The highest BCUT2D eigenvalue weighted by Gasteiger charge is 2.36. The molecule has 0 aliphatic heterocycles. The van der Waals surface area contributed by atoms with Gasteiger partial charge in [0.1, 0.15) is 24.1 Å². The fourth-order valence-corrected chi connectivity index (χ4v) is 6.47. The van der Waals surface area contributed by atoms with Crippen LogP contribution >= 0.6 is 0 Å². The zero-order valence-corrected chi connectivity index (χ0v) is 31.0. The van der Waals surface area contributed by atoms with E-state index in [0.717, 1.165) is 56.1 Å². The molecule has 13 nitrogen and oxygen atoms in total. The lowest BCUT2D eigenvalue weighted by Gasteiger charge is -2.33. The van der Waals surface area contributed by atoms with Gasteiger partial charge in [0, 0.05) is 36.7 Å². The maximum Gasteiger partial charge on any atom is 0.251 e. The molecule has 4 rings (SSSR count). The normalized spacial score (nSPS) is 15.2. The number of hydrogen-bond donors (Lipinski definition) is 9. The Morgan fingerprint density at radius 3 is 1.93 bits per heavy atom. The molecule has 9 N–H and O–H groups in total. The van der Waals surface area contributed by atoms with Gasteiger partial charge in [0.05, 0.1) is 24.7 Å². The van der Waals surface area contributed by atoms with Crippen LogP contribution in [-0.2, 0) is 9.59 Å². The lowest BCUT2D eigenvalue weighted by molar-refractivity contribution is -0.148. The van der Waals surface area contributed by atoms with Gasteiger partial charge in [-0.2, -0.15) is 0 Å². The highest BCUT2D eigenvalue weighted by molar-refractivity contribution is 5.91. The van der Waals surface area contributed by atoms with Crippen molar-refractivity contribution in [3.63, 3.8) is 0 Å². The lowest BCUT2D eigenvalue weighted by atomic mass is 9.82. The molecule has 0 aliphatic rings. The standard InChI is InChI=1S/C42H55N5O8/c48-28-33(49)39(52)40(53)41(54)42(55)45-27-15-6-4-2-1-3-5-10-24-35(50)46-31-21-12-11-20-30(31)37(47-34-23-14-17-26-44-34)36(32-22-13-16-25-43-32)38(51)29-18-8-7-9-19-29/h7-9,11-14,16-23,25-26,33,36-41,48-49,51-54H,1-6,10,15,24,27-28H2,(H,44,47)(H,45,55)(H,46,50)/t33?,36-,37?,38?,39?,40?,41?/m0/s1. The molecule has 13 heteroatoms. The first-order chi connectivity index (χ1) is 26.7. The SMILES string of the molecule is O=C(CCCCCCCCCCNC(=O)C(O)C(O)C(O)C(O)CO)Nc1ccccc1C(Nc1ccccn1)[C@H](c1ccccn1)C(O)c1ccccc1. The van der Waals surface area contributed by atoms with Gasteiger partial charge < -0.3 is 46.6 Å². The van der Waals surface area contributed by atoms with Crippen molar-refractivity contribution in [2.45, 2.75) is 100 Å². The van der Waals surface area contributed by atoms with E-state index in [1.807, 2.05) is 91.0 Å². The zero-order chi connectivity index (χ0) is 39.4. The number of nitrogens with one attached hydrogen (secondary N) is 3. The fourth-order valence-electron chi connectivity index (χ4n) is 6.47. The molecule has 2 aromatic heterocycles. The van der Waals surface area contributed by atoms with Crippen LogP contribution in [0.25, 0.3) is 0 Å². The minimum Gasteiger partial charge on any atom is -0.394 e. The van der Waals surface area contributed by atoms with E-state index in [1.54, 1.807) is 12.4 Å². The van der Waals surface area contributed by atoms with Gasteiger partial charge in [-0.3, -0.25) is 14.6 Å². The number of pyridine rings is 2. The molecule has 0 aliphatic carbocycles. The summed E-state index contributed by atoms with van der Waals surface area (Å²) >= 11 is 0. The summed E-state index contributed by atoms with van der Waals surface area (Å²) in [5, 5.41) is 68.8. The Balaban J connectivity index is 1.26. The number of rotatable bonds is 24. The van der Waals surface area contributed by atoms with Gasteiger partial charge in [-0.1, -0.05) is 99.2 Å². The molecule has 0 saturated heterocycles. The number of para-hydroxylation sites is 1. The Labute approximate surface area is 322 Å². The molecule has 0 spiro atoms. The van der Waals surface area contributed by atoms with Crippen LogP contribution < -0.4 is 16.0 Å². The highest BCUT2D eigenvalue weighted by Crippen LogP contribution is 2.43. The van der Waals surface area contributed by atoms with E-state index in [9.17, 15) is 35.1 Å². The molecule has 0 saturated carbocycles. The maximum absolute atomic E-state index is 13.3. The van der Waals surface area contributed by atoms with Gasteiger partial charge in [-0.25, -0.2) is 4.98 Å². The summed E-state index contributed by atoms with van der Waals surface area (Å²) in [5.74, 6) is -0.892. The molecule has 55 heavy (non-hydrogen) atoms. The van der Waals surface area contributed by atoms with Crippen molar-refractivity contribution in [2.24, 2.45) is 0 Å². The average molecular weight is 758 g/mol.